The van der Waals surface area contributed by atoms with Gasteiger partial charge in [-0.15, -0.1) is 0 Å². The molecule has 1 rings (SSSR count). The molecule has 0 aliphatic heterocycles. The van der Waals surface area contributed by atoms with Gasteiger partial charge in [0.05, 0.1) is 6.04 Å². The predicted molar refractivity (Wildman–Crippen MR) is 88.7 cm³/mol. The quantitative estimate of drug-likeness (QED) is 0.778. The zero-order valence-corrected chi connectivity index (χ0v) is 14.1. The first-order valence-electron chi connectivity index (χ1n) is 8.10. The fourth-order valence-electron chi connectivity index (χ4n) is 2.88. The third-order valence-corrected chi connectivity index (χ3v) is 3.69. The molecule has 0 saturated heterocycles. The van der Waals surface area contributed by atoms with E-state index in [1.54, 1.807) is 6.07 Å². The van der Waals surface area contributed by atoms with Crippen molar-refractivity contribution >= 4 is 0 Å². The molecular weight excluding hydrogens is 263 g/mol. The molecule has 0 fully saturated rings. The van der Waals surface area contributed by atoms with E-state index >= 15 is 0 Å². The summed E-state index contributed by atoms with van der Waals surface area (Å²) >= 11 is 0. The summed E-state index contributed by atoms with van der Waals surface area (Å²) in [6, 6.07) is 6.94. The third kappa shape index (κ3) is 5.40. The van der Waals surface area contributed by atoms with Gasteiger partial charge in [-0.25, -0.2) is 4.39 Å². The second-order valence-electron chi connectivity index (χ2n) is 6.78. The van der Waals surface area contributed by atoms with Crippen molar-refractivity contribution in [3.63, 3.8) is 0 Å². The van der Waals surface area contributed by atoms with Gasteiger partial charge in [-0.3, -0.25) is 4.90 Å². The van der Waals surface area contributed by atoms with Crippen LogP contribution in [0.15, 0.2) is 24.3 Å². The predicted octanol–water partition coefficient (Wildman–Crippen LogP) is 4.22. The number of hydrogen-bond acceptors (Lipinski definition) is 2. The molecule has 0 saturated carbocycles. The van der Waals surface area contributed by atoms with E-state index in [1.807, 2.05) is 12.1 Å². The summed E-state index contributed by atoms with van der Waals surface area (Å²) in [7, 11) is 0. The van der Waals surface area contributed by atoms with E-state index in [0.29, 0.717) is 11.8 Å². The molecule has 2 atom stereocenters. The average molecular weight is 294 g/mol. The molecule has 0 radical (unpaired) electrons. The molecule has 3 heteroatoms. The first kappa shape index (κ1) is 18.1. The van der Waals surface area contributed by atoms with Gasteiger partial charge in [-0.2, -0.15) is 0 Å². The van der Waals surface area contributed by atoms with Crippen molar-refractivity contribution in [1.82, 2.24) is 4.90 Å². The highest BCUT2D eigenvalue weighted by molar-refractivity contribution is 5.23. The molecule has 0 aliphatic rings. The topological polar surface area (TPSA) is 29.3 Å². The molecule has 2 unspecified atom stereocenters. The van der Waals surface area contributed by atoms with Crippen molar-refractivity contribution in [2.75, 3.05) is 13.1 Å². The Balaban J connectivity index is 3.16. The van der Waals surface area contributed by atoms with E-state index in [9.17, 15) is 4.39 Å². The minimum Gasteiger partial charge on any atom is -0.326 e. The number of nitrogens with zero attached hydrogens (tertiary/aromatic N) is 1. The molecule has 2 nitrogen and oxygen atoms in total. The van der Waals surface area contributed by atoms with Crippen LogP contribution in [-0.4, -0.2) is 24.0 Å². The zero-order chi connectivity index (χ0) is 16.0. The van der Waals surface area contributed by atoms with Gasteiger partial charge in [-0.05, 0) is 24.3 Å². The molecule has 0 aromatic heterocycles. The number of rotatable bonds is 8. The summed E-state index contributed by atoms with van der Waals surface area (Å²) in [5.41, 5.74) is 7.09. The smallest absolute Gasteiger partial charge is 0.128 e. The Kier molecular flexibility index (Phi) is 7.33. The second-order valence-corrected chi connectivity index (χ2v) is 6.78. The first-order chi connectivity index (χ1) is 9.86. The van der Waals surface area contributed by atoms with E-state index in [0.717, 1.165) is 25.1 Å². The number of hydrogen-bond donors (Lipinski definition) is 1. The van der Waals surface area contributed by atoms with Gasteiger partial charge in [0.15, 0.2) is 0 Å². The van der Waals surface area contributed by atoms with E-state index < -0.39 is 0 Å². The van der Waals surface area contributed by atoms with Crippen LogP contribution in [0.1, 0.15) is 52.6 Å². The lowest BCUT2D eigenvalue weighted by molar-refractivity contribution is 0.131. The van der Waals surface area contributed by atoms with Gasteiger partial charge in [0.2, 0.25) is 0 Å². The van der Waals surface area contributed by atoms with Crippen LogP contribution in [-0.2, 0) is 0 Å². The molecule has 2 N–H and O–H groups in total. The molecule has 1 aromatic rings. The van der Waals surface area contributed by atoms with Crippen LogP contribution in [0.2, 0.25) is 0 Å². The van der Waals surface area contributed by atoms with Crippen LogP contribution in [0.4, 0.5) is 4.39 Å². The normalized spacial score (nSPS) is 15.0. The molecule has 21 heavy (non-hydrogen) atoms. The number of benzene rings is 1. The number of halogens is 1. The standard InChI is InChI=1S/C18H31FN2/c1-6-17(20)18(15-9-7-8-10-16(15)19)21(11-13(2)3)12-14(4)5/h7-10,13-14,17-18H,6,11-12,20H2,1-5H3. The molecule has 0 aliphatic carbocycles. The SMILES string of the molecule is CCC(N)C(c1ccccc1F)N(CC(C)C)CC(C)C. The Hall–Kier alpha value is -0.930. The highest BCUT2D eigenvalue weighted by Crippen LogP contribution is 2.28. The van der Waals surface area contributed by atoms with Crippen LogP contribution in [0.25, 0.3) is 0 Å². The van der Waals surface area contributed by atoms with Crippen LogP contribution < -0.4 is 5.73 Å². The lowest BCUT2D eigenvalue weighted by Crippen LogP contribution is -2.44. The molecule has 0 heterocycles. The maximum Gasteiger partial charge on any atom is 0.128 e. The maximum absolute atomic E-state index is 14.3. The monoisotopic (exact) mass is 294 g/mol. The van der Waals surface area contributed by atoms with Crippen molar-refractivity contribution in [3.8, 4) is 0 Å². The maximum atomic E-state index is 14.3. The summed E-state index contributed by atoms with van der Waals surface area (Å²) in [6.45, 7) is 12.7. The lowest BCUT2D eigenvalue weighted by Gasteiger charge is -2.38. The molecule has 0 amide bonds. The van der Waals surface area contributed by atoms with Gasteiger partial charge in [0.25, 0.3) is 0 Å². The van der Waals surface area contributed by atoms with Gasteiger partial charge < -0.3 is 5.73 Å². The third-order valence-electron chi connectivity index (χ3n) is 3.69. The minimum absolute atomic E-state index is 0.0546. The number of nitrogens with two attached hydrogens (primary N) is 1. The Morgan fingerprint density at radius 2 is 1.57 bits per heavy atom. The van der Waals surface area contributed by atoms with Gasteiger partial charge >= 0.3 is 0 Å². The molecule has 1 aromatic carbocycles. The van der Waals surface area contributed by atoms with Crippen molar-refractivity contribution < 1.29 is 4.39 Å². The molecular formula is C18H31FN2. The summed E-state index contributed by atoms with van der Waals surface area (Å²) in [4.78, 5) is 2.36. The van der Waals surface area contributed by atoms with Gasteiger partial charge in [0.1, 0.15) is 5.82 Å². The highest BCUT2D eigenvalue weighted by atomic mass is 19.1. The van der Waals surface area contributed by atoms with Crippen LogP contribution in [0.5, 0.6) is 0 Å². The van der Waals surface area contributed by atoms with E-state index in [2.05, 4.69) is 39.5 Å². The van der Waals surface area contributed by atoms with E-state index in [1.165, 1.54) is 6.07 Å². The second kappa shape index (κ2) is 8.50. The summed E-state index contributed by atoms with van der Waals surface area (Å²) in [6.07, 6.45) is 0.839. The fraction of sp³-hybridized carbons (Fsp3) is 0.667. The Labute approximate surface area is 129 Å². The van der Waals surface area contributed by atoms with E-state index in [4.69, 9.17) is 5.73 Å². The first-order valence-corrected chi connectivity index (χ1v) is 8.10. The summed E-state index contributed by atoms with van der Waals surface area (Å²) in [5.74, 6) is 0.910. The molecule has 0 bridgehead atoms. The van der Waals surface area contributed by atoms with Gasteiger partial charge in [0, 0.05) is 24.7 Å². The summed E-state index contributed by atoms with van der Waals surface area (Å²) in [5, 5.41) is 0. The van der Waals surface area contributed by atoms with Crippen LogP contribution >= 0.6 is 0 Å². The largest absolute Gasteiger partial charge is 0.326 e. The minimum atomic E-state index is -0.149. The Morgan fingerprint density at radius 3 is 2.00 bits per heavy atom. The van der Waals surface area contributed by atoms with Crippen molar-refractivity contribution in [2.45, 2.75) is 53.1 Å². The Bertz CT molecular complexity index is 407. The van der Waals surface area contributed by atoms with Crippen LogP contribution in [0, 0.1) is 17.7 Å². The van der Waals surface area contributed by atoms with Crippen molar-refractivity contribution in [3.05, 3.63) is 35.6 Å². The fourth-order valence-corrected chi connectivity index (χ4v) is 2.88. The average Bonchev–Trinajstić information content (AvgIpc) is 2.39. The highest BCUT2D eigenvalue weighted by Gasteiger charge is 2.28. The molecule has 0 spiro atoms. The Morgan fingerprint density at radius 1 is 1.05 bits per heavy atom. The van der Waals surface area contributed by atoms with Gasteiger partial charge in [-0.1, -0.05) is 52.8 Å². The summed E-state index contributed by atoms with van der Waals surface area (Å²) < 4.78 is 14.3. The van der Waals surface area contributed by atoms with Crippen molar-refractivity contribution in [2.24, 2.45) is 17.6 Å². The lowest BCUT2D eigenvalue weighted by atomic mass is 9.94. The molecule has 120 valence electrons. The van der Waals surface area contributed by atoms with E-state index in [-0.39, 0.29) is 17.9 Å². The van der Waals surface area contributed by atoms with Crippen molar-refractivity contribution in [1.29, 1.82) is 0 Å². The zero-order valence-electron chi connectivity index (χ0n) is 14.1. The van der Waals surface area contributed by atoms with Crippen LogP contribution in [0.3, 0.4) is 0 Å².